The molecule has 0 radical (unpaired) electrons. The monoisotopic (exact) mass is 623 g/mol. The Morgan fingerprint density at radius 3 is 2.59 bits per heavy atom. The Balaban J connectivity index is 1.63. The average Bonchev–Trinajstić information content (AvgIpc) is 3.14. The van der Waals surface area contributed by atoms with Gasteiger partial charge in [-0.15, -0.1) is 11.3 Å². The molecule has 2 atom stereocenters. The second-order valence-electron chi connectivity index (χ2n) is 9.65. The number of alkyl halides is 4. The van der Waals surface area contributed by atoms with E-state index in [4.69, 9.17) is 4.74 Å². The van der Waals surface area contributed by atoms with Crippen LogP contribution in [0.5, 0.6) is 11.5 Å². The predicted octanol–water partition coefficient (Wildman–Crippen LogP) is 5.90. The number of rotatable bonds is 9. The molecule has 0 unspecified atom stereocenters. The Labute approximate surface area is 236 Å². The molecule has 1 saturated heterocycles. The van der Waals surface area contributed by atoms with Crippen LogP contribution in [0.15, 0.2) is 24.4 Å². The summed E-state index contributed by atoms with van der Waals surface area (Å²) in [6.07, 6.45) is -3.83. The normalized spacial score (nSPS) is 18.4. The number of halogens is 6. The Morgan fingerprint density at radius 1 is 1.20 bits per heavy atom. The third-order valence-corrected chi connectivity index (χ3v) is 8.56. The number of likely N-dealkylation sites (tertiary alicyclic amines) is 1. The van der Waals surface area contributed by atoms with Gasteiger partial charge in [0.05, 0.1) is 16.3 Å². The molecule has 1 aliphatic rings. The molecule has 1 aliphatic heterocycles. The quantitative estimate of drug-likeness (QED) is 0.287. The predicted molar refractivity (Wildman–Crippen MR) is 144 cm³/mol. The van der Waals surface area contributed by atoms with Crippen molar-refractivity contribution >= 4 is 33.0 Å². The van der Waals surface area contributed by atoms with Gasteiger partial charge in [-0.1, -0.05) is 6.92 Å². The lowest BCUT2D eigenvalue weighted by atomic mass is 10.1. The standard InChI is InChI=1S/C25H27F6N5O3S2/c1-4-16-13(2)40-23(19-5-6-32-24(34-19)33-15-7-14(26)10-36(3)11-15)22(16)39-21-9-17(27)20(8-18(21)28)35-41(37,38)12-25(29,30)31/h5-6,8-9,14-15,35H,4,7,10-12H2,1-3H3,(H,32,33,34)/t14-,15-/m0/s1. The van der Waals surface area contributed by atoms with E-state index in [2.05, 4.69) is 15.3 Å². The van der Waals surface area contributed by atoms with E-state index in [1.165, 1.54) is 22.3 Å². The summed E-state index contributed by atoms with van der Waals surface area (Å²) in [7, 11) is -3.23. The number of sulfonamides is 1. The van der Waals surface area contributed by atoms with Gasteiger partial charge >= 0.3 is 6.18 Å². The van der Waals surface area contributed by atoms with E-state index in [9.17, 15) is 34.8 Å². The highest BCUT2D eigenvalue weighted by Gasteiger charge is 2.36. The Bertz CT molecular complexity index is 1510. The minimum absolute atomic E-state index is 0.185. The van der Waals surface area contributed by atoms with Gasteiger partial charge in [0.15, 0.2) is 28.9 Å². The molecule has 1 aromatic carbocycles. The van der Waals surface area contributed by atoms with E-state index < -0.39 is 51.2 Å². The maximum atomic E-state index is 15.0. The van der Waals surface area contributed by atoms with Crippen LogP contribution in [0.1, 0.15) is 23.8 Å². The van der Waals surface area contributed by atoms with Gasteiger partial charge in [-0.2, -0.15) is 13.2 Å². The van der Waals surface area contributed by atoms with Crippen molar-refractivity contribution in [3.05, 3.63) is 46.5 Å². The number of hydrogen-bond acceptors (Lipinski definition) is 8. The van der Waals surface area contributed by atoms with Crippen molar-refractivity contribution in [1.29, 1.82) is 0 Å². The van der Waals surface area contributed by atoms with Gasteiger partial charge in [-0.25, -0.2) is 31.6 Å². The molecule has 0 saturated carbocycles. The van der Waals surface area contributed by atoms with Crippen molar-refractivity contribution in [2.75, 3.05) is 35.9 Å². The van der Waals surface area contributed by atoms with Crippen LogP contribution in [0.2, 0.25) is 0 Å². The number of thiophene rings is 1. The molecule has 1 fully saturated rings. The Hall–Kier alpha value is -3.11. The number of piperidine rings is 1. The number of aromatic nitrogens is 2. The summed E-state index contributed by atoms with van der Waals surface area (Å²) in [6, 6.07) is 2.34. The maximum Gasteiger partial charge on any atom is 0.404 e. The number of benzene rings is 1. The zero-order valence-electron chi connectivity index (χ0n) is 22.2. The van der Waals surface area contributed by atoms with Crippen LogP contribution in [-0.4, -0.2) is 67.6 Å². The number of ether oxygens (including phenoxy) is 1. The SMILES string of the molecule is CCc1c(C)sc(-c2ccnc(N[C@H]3C[C@H](F)CN(C)C3)n2)c1Oc1cc(F)c(NS(=O)(=O)CC(F)(F)F)cc1F. The van der Waals surface area contributed by atoms with Crippen LogP contribution in [0.3, 0.4) is 0 Å². The lowest BCUT2D eigenvalue weighted by Gasteiger charge is -2.32. The Kier molecular flexibility index (Phi) is 9.04. The molecular weight excluding hydrogens is 596 g/mol. The van der Waals surface area contributed by atoms with Crippen molar-refractivity contribution in [1.82, 2.24) is 14.9 Å². The minimum atomic E-state index is -5.08. The van der Waals surface area contributed by atoms with Crippen molar-refractivity contribution in [3.63, 3.8) is 0 Å². The third-order valence-electron chi connectivity index (χ3n) is 6.17. The van der Waals surface area contributed by atoms with E-state index in [0.29, 0.717) is 47.8 Å². The maximum absolute atomic E-state index is 15.0. The zero-order valence-corrected chi connectivity index (χ0v) is 23.8. The lowest BCUT2D eigenvalue weighted by Crippen LogP contribution is -2.45. The number of hydrogen-bond donors (Lipinski definition) is 2. The summed E-state index contributed by atoms with van der Waals surface area (Å²) >= 11 is 1.29. The van der Waals surface area contributed by atoms with Gasteiger partial charge in [-0.05, 0) is 26.5 Å². The minimum Gasteiger partial charge on any atom is -0.452 e. The van der Waals surface area contributed by atoms with Crippen molar-refractivity contribution in [2.45, 2.75) is 45.1 Å². The fourth-order valence-corrected chi connectivity index (χ4v) is 6.68. The van der Waals surface area contributed by atoms with Crippen LogP contribution in [-0.2, 0) is 16.4 Å². The van der Waals surface area contributed by atoms with Crippen LogP contribution in [0.4, 0.5) is 38.0 Å². The first-order chi connectivity index (χ1) is 19.1. The number of aryl methyl sites for hydroxylation is 1. The van der Waals surface area contributed by atoms with Gasteiger partial charge in [0.25, 0.3) is 0 Å². The molecule has 2 aromatic heterocycles. The summed E-state index contributed by atoms with van der Waals surface area (Å²) < 4.78 is 112. The molecule has 4 rings (SSSR count). The van der Waals surface area contributed by atoms with E-state index in [1.54, 1.807) is 6.07 Å². The molecule has 3 heterocycles. The molecule has 0 aliphatic carbocycles. The molecule has 16 heteroatoms. The molecular formula is C25H27F6N5O3S2. The van der Waals surface area contributed by atoms with Crippen LogP contribution >= 0.6 is 11.3 Å². The van der Waals surface area contributed by atoms with Gasteiger partial charge < -0.3 is 15.0 Å². The Morgan fingerprint density at radius 2 is 1.93 bits per heavy atom. The van der Waals surface area contributed by atoms with Gasteiger partial charge in [0.1, 0.15) is 6.17 Å². The summed E-state index contributed by atoms with van der Waals surface area (Å²) in [5.41, 5.74) is 0.0951. The van der Waals surface area contributed by atoms with Gasteiger partial charge in [0, 0.05) is 54.3 Å². The fourth-order valence-electron chi connectivity index (χ4n) is 4.55. The van der Waals surface area contributed by atoms with Crippen molar-refractivity contribution in [2.24, 2.45) is 0 Å². The van der Waals surface area contributed by atoms with Gasteiger partial charge in [0.2, 0.25) is 16.0 Å². The summed E-state index contributed by atoms with van der Waals surface area (Å²) in [4.78, 5) is 11.9. The second-order valence-corrected chi connectivity index (χ2v) is 12.6. The average molecular weight is 624 g/mol. The van der Waals surface area contributed by atoms with Gasteiger partial charge in [-0.3, -0.25) is 4.72 Å². The second kappa shape index (κ2) is 12.0. The summed E-state index contributed by atoms with van der Waals surface area (Å²) in [5, 5.41) is 3.14. The lowest BCUT2D eigenvalue weighted by molar-refractivity contribution is -0.106. The largest absolute Gasteiger partial charge is 0.452 e. The van der Waals surface area contributed by atoms with Crippen LogP contribution < -0.4 is 14.8 Å². The molecule has 0 spiro atoms. The highest BCUT2D eigenvalue weighted by molar-refractivity contribution is 7.92. The fraction of sp³-hybridized carbons (Fsp3) is 0.440. The number of nitrogens with zero attached hydrogens (tertiary/aromatic N) is 3. The number of likely N-dealkylation sites (N-methyl/N-ethyl adjacent to an activating group) is 1. The van der Waals surface area contributed by atoms with Crippen LogP contribution in [0.25, 0.3) is 10.6 Å². The van der Waals surface area contributed by atoms with E-state index >= 15 is 0 Å². The summed E-state index contributed by atoms with van der Waals surface area (Å²) in [6.45, 7) is 4.58. The van der Waals surface area contributed by atoms with E-state index in [1.807, 2.05) is 25.8 Å². The molecule has 8 nitrogen and oxygen atoms in total. The first-order valence-corrected chi connectivity index (χ1v) is 14.9. The van der Waals surface area contributed by atoms with E-state index in [0.717, 1.165) is 4.88 Å². The van der Waals surface area contributed by atoms with E-state index in [-0.39, 0.29) is 24.2 Å². The molecule has 41 heavy (non-hydrogen) atoms. The first kappa shape index (κ1) is 30.8. The molecule has 0 amide bonds. The first-order valence-electron chi connectivity index (χ1n) is 12.4. The van der Waals surface area contributed by atoms with Crippen molar-refractivity contribution in [3.8, 4) is 22.1 Å². The highest BCUT2D eigenvalue weighted by atomic mass is 32.2. The molecule has 224 valence electrons. The number of anilines is 2. The highest BCUT2D eigenvalue weighted by Crippen LogP contribution is 2.45. The van der Waals surface area contributed by atoms with Crippen LogP contribution in [0, 0.1) is 18.6 Å². The smallest absolute Gasteiger partial charge is 0.404 e. The summed E-state index contributed by atoms with van der Waals surface area (Å²) in [5.74, 6) is -4.99. The van der Waals surface area contributed by atoms with Crippen molar-refractivity contribution < 1.29 is 39.5 Å². The topological polar surface area (TPSA) is 96.4 Å². The molecule has 2 N–H and O–H groups in total. The number of nitrogens with one attached hydrogen (secondary N) is 2. The third kappa shape index (κ3) is 7.80. The molecule has 0 bridgehead atoms. The molecule has 3 aromatic rings. The zero-order chi connectivity index (χ0) is 30.1.